The molecule has 0 amide bonds. The normalized spacial score (nSPS) is 19.6. The van der Waals surface area contributed by atoms with Gasteiger partial charge in [-0.3, -0.25) is 9.89 Å². The van der Waals surface area contributed by atoms with Gasteiger partial charge in [0.15, 0.2) is 0 Å². The molecule has 2 aliphatic rings. The van der Waals surface area contributed by atoms with Crippen molar-refractivity contribution in [3.63, 3.8) is 0 Å². The monoisotopic (exact) mass is 400 g/mol. The first-order chi connectivity index (χ1) is 13.7. The Hall–Kier alpha value is -1.78. The van der Waals surface area contributed by atoms with Gasteiger partial charge in [-0.15, -0.1) is 0 Å². The summed E-state index contributed by atoms with van der Waals surface area (Å²) in [6.07, 6.45) is 10.1. The molecule has 0 unspecified atom stereocenters. The third kappa shape index (κ3) is 5.86. The molecule has 0 bridgehead atoms. The first-order valence-electron chi connectivity index (χ1n) is 10.6. The molecule has 1 aromatic rings. The molecule has 4 nitrogen and oxygen atoms in total. The van der Waals surface area contributed by atoms with Gasteiger partial charge in [0.2, 0.25) is 0 Å². The maximum atomic E-state index is 6.31. The van der Waals surface area contributed by atoms with Crippen LogP contribution >= 0.6 is 11.6 Å². The van der Waals surface area contributed by atoms with Gasteiger partial charge < -0.3 is 10.6 Å². The number of piperazine rings is 1. The van der Waals surface area contributed by atoms with Crippen LogP contribution in [0.4, 0.5) is 5.69 Å². The summed E-state index contributed by atoms with van der Waals surface area (Å²) in [4.78, 5) is 9.65. The highest BCUT2D eigenvalue weighted by Gasteiger charge is 2.17. The molecule has 0 atom stereocenters. The fraction of sp³-hybridized carbons (Fsp3) is 0.522. The summed E-state index contributed by atoms with van der Waals surface area (Å²) in [7, 11) is 0. The molecule has 0 spiro atoms. The van der Waals surface area contributed by atoms with Crippen LogP contribution in [0.2, 0.25) is 5.02 Å². The molecule has 28 heavy (non-hydrogen) atoms. The van der Waals surface area contributed by atoms with Crippen LogP contribution in [0.15, 0.2) is 52.6 Å². The molecular formula is C23H33ClN4. The molecule has 1 aromatic carbocycles. The number of benzene rings is 1. The highest BCUT2D eigenvalue weighted by Crippen LogP contribution is 2.26. The maximum Gasteiger partial charge on any atom is 0.121 e. The molecule has 0 aromatic heterocycles. The second-order valence-corrected chi connectivity index (χ2v) is 8.07. The predicted molar refractivity (Wildman–Crippen MR) is 122 cm³/mol. The van der Waals surface area contributed by atoms with Crippen molar-refractivity contribution in [2.75, 3.05) is 44.2 Å². The van der Waals surface area contributed by atoms with Crippen molar-refractivity contribution in [2.24, 2.45) is 10.7 Å². The molecule has 0 radical (unpaired) electrons. The van der Waals surface area contributed by atoms with Gasteiger partial charge in [0.25, 0.3) is 0 Å². The van der Waals surface area contributed by atoms with E-state index in [1.165, 1.54) is 29.7 Å². The van der Waals surface area contributed by atoms with E-state index in [1.807, 2.05) is 12.1 Å². The zero-order chi connectivity index (χ0) is 19.8. The van der Waals surface area contributed by atoms with Gasteiger partial charge in [-0.1, -0.05) is 23.8 Å². The van der Waals surface area contributed by atoms with Crippen LogP contribution < -0.4 is 10.6 Å². The SMILES string of the molecule is C/C=C\C1=C(C(N)=NCCCN2CCN(c3ccc(Cl)cc3)CC2)CCCC1. The Morgan fingerprint density at radius 3 is 2.54 bits per heavy atom. The largest absolute Gasteiger partial charge is 0.384 e. The molecule has 1 aliphatic carbocycles. The van der Waals surface area contributed by atoms with E-state index in [-0.39, 0.29) is 0 Å². The minimum Gasteiger partial charge on any atom is -0.384 e. The zero-order valence-corrected chi connectivity index (χ0v) is 17.8. The van der Waals surface area contributed by atoms with E-state index in [4.69, 9.17) is 17.3 Å². The number of halogens is 1. The third-order valence-electron chi connectivity index (χ3n) is 5.67. The lowest BCUT2D eigenvalue weighted by Gasteiger charge is -2.36. The van der Waals surface area contributed by atoms with Crippen LogP contribution in [0.1, 0.15) is 39.0 Å². The van der Waals surface area contributed by atoms with E-state index < -0.39 is 0 Å². The van der Waals surface area contributed by atoms with E-state index in [2.05, 4.69) is 46.0 Å². The lowest BCUT2D eigenvalue weighted by atomic mass is 9.91. The highest BCUT2D eigenvalue weighted by molar-refractivity contribution is 6.30. The van der Waals surface area contributed by atoms with Crippen LogP contribution in [0.5, 0.6) is 0 Å². The summed E-state index contributed by atoms with van der Waals surface area (Å²) >= 11 is 5.99. The van der Waals surface area contributed by atoms with E-state index in [9.17, 15) is 0 Å². The van der Waals surface area contributed by atoms with E-state index in [0.29, 0.717) is 0 Å². The molecule has 152 valence electrons. The highest BCUT2D eigenvalue weighted by atomic mass is 35.5. The van der Waals surface area contributed by atoms with Gasteiger partial charge >= 0.3 is 0 Å². The van der Waals surface area contributed by atoms with Crippen LogP contribution in [-0.2, 0) is 0 Å². The molecular weight excluding hydrogens is 368 g/mol. The summed E-state index contributed by atoms with van der Waals surface area (Å²) < 4.78 is 0. The van der Waals surface area contributed by atoms with Crippen LogP contribution in [0.3, 0.4) is 0 Å². The number of hydrogen-bond acceptors (Lipinski definition) is 3. The summed E-state index contributed by atoms with van der Waals surface area (Å²) in [6, 6.07) is 8.15. The predicted octanol–water partition coefficient (Wildman–Crippen LogP) is 4.66. The summed E-state index contributed by atoms with van der Waals surface area (Å²) in [5, 5.41) is 0.795. The summed E-state index contributed by atoms with van der Waals surface area (Å²) in [5.74, 6) is 0.764. The van der Waals surface area contributed by atoms with Crippen molar-refractivity contribution >= 4 is 23.1 Å². The zero-order valence-electron chi connectivity index (χ0n) is 17.0. The first kappa shape index (κ1) is 20.9. The van der Waals surface area contributed by atoms with Crippen LogP contribution in [-0.4, -0.2) is 50.0 Å². The van der Waals surface area contributed by atoms with Crippen molar-refractivity contribution in [3.8, 4) is 0 Å². The van der Waals surface area contributed by atoms with Crippen LogP contribution in [0, 0.1) is 0 Å². The molecule has 3 rings (SSSR count). The molecule has 2 N–H and O–H groups in total. The second-order valence-electron chi connectivity index (χ2n) is 7.64. The Kier molecular flexibility index (Phi) is 7.99. The fourth-order valence-corrected chi connectivity index (χ4v) is 4.20. The number of hydrogen-bond donors (Lipinski definition) is 1. The number of nitrogens with zero attached hydrogens (tertiary/aromatic N) is 3. The number of anilines is 1. The Bertz CT molecular complexity index is 713. The molecule has 1 heterocycles. The second kappa shape index (κ2) is 10.7. The van der Waals surface area contributed by atoms with Gasteiger partial charge in [0.1, 0.15) is 5.84 Å². The Morgan fingerprint density at radius 1 is 1.11 bits per heavy atom. The van der Waals surface area contributed by atoms with Crippen molar-refractivity contribution in [1.29, 1.82) is 0 Å². The molecule has 5 heteroatoms. The van der Waals surface area contributed by atoms with Gasteiger partial charge in [-0.25, -0.2) is 0 Å². The van der Waals surface area contributed by atoms with Gasteiger partial charge in [0.05, 0.1) is 0 Å². The number of aliphatic imine (C=N–C) groups is 1. The Balaban J connectivity index is 1.42. The van der Waals surface area contributed by atoms with E-state index >= 15 is 0 Å². The van der Waals surface area contributed by atoms with Crippen molar-refractivity contribution in [1.82, 2.24) is 4.90 Å². The average Bonchev–Trinajstić information content (AvgIpc) is 2.73. The lowest BCUT2D eigenvalue weighted by Crippen LogP contribution is -2.46. The standard InChI is InChI=1S/C23H33ClN4/c1-2-6-19-7-3-4-8-22(19)23(25)26-13-5-14-27-15-17-28(18-16-27)21-11-9-20(24)10-12-21/h2,6,9-12H,3-5,7-8,13-18H2,1H3,(H2,25,26)/b6-2-. The molecule has 0 saturated carbocycles. The number of nitrogens with two attached hydrogens (primary N) is 1. The number of amidine groups is 1. The van der Waals surface area contributed by atoms with Gasteiger partial charge in [-0.2, -0.15) is 0 Å². The van der Waals surface area contributed by atoms with Crippen molar-refractivity contribution < 1.29 is 0 Å². The molecule has 1 fully saturated rings. The lowest BCUT2D eigenvalue weighted by molar-refractivity contribution is 0.256. The van der Waals surface area contributed by atoms with E-state index in [1.54, 1.807) is 0 Å². The number of rotatable bonds is 7. The maximum absolute atomic E-state index is 6.31. The minimum atomic E-state index is 0.764. The first-order valence-corrected chi connectivity index (χ1v) is 10.9. The van der Waals surface area contributed by atoms with Crippen molar-refractivity contribution in [3.05, 3.63) is 52.6 Å². The average molecular weight is 401 g/mol. The Labute approximate surface area is 174 Å². The summed E-state index contributed by atoms with van der Waals surface area (Å²) in [6.45, 7) is 8.29. The quantitative estimate of drug-likeness (QED) is 0.411. The van der Waals surface area contributed by atoms with Gasteiger partial charge in [0, 0.05) is 50.0 Å². The fourth-order valence-electron chi connectivity index (χ4n) is 4.08. The minimum absolute atomic E-state index is 0.764. The van der Waals surface area contributed by atoms with E-state index in [0.717, 1.165) is 69.4 Å². The third-order valence-corrected chi connectivity index (χ3v) is 5.92. The number of allylic oxidation sites excluding steroid dienone is 3. The van der Waals surface area contributed by atoms with Crippen LogP contribution in [0.25, 0.3) is 0 Å². The Morgan fingerprint density at radius 2 is 1.82 bits per heavy atom. The molecule has 1 aliphatic heterocycles. The topological polar surface area (TPSA) is 44.9 Å². The molecule has 1 saturated heterocycles. The van der Waals surface area contributed by atoms with Gasteiger partial charge in [-0.05, 0) is 74.4 Å². The smallest absolute Gasteiger partial charge is 0.121 e. The van der Waals surface area contributed by atoms with Crippen molar-refractivity contribution in [2.45, 2.75) is 39.0 Å². The summed E-state index contributed by atoms with van der Waals surface area (Å²) in [5.41, 5.74) is 10.2.